The highest BCUT2D eigenvalue weighted by Gasteiger charge is 2.16. The fraction of sp³-hybridized carbons (Fsp3) is 0.263. The van der Waals surface area contributed by atoms with Crippen LogP contribution in [0.5, 0.6) is 0 Å². The molecule has 6 heteroatoms. The second-order valence-corrected chi connectivity index (χ2v) is 7.46. The highest BCUT2D eigenvalue weighted by molar-refractivity contribution is 7.19. The number of nitrogens with zero attached hydrogens (tertiary/aromatic N) is 2. The number of anilines is 2. The number of benzene rings is 1. The molecule has 0 unspecified atom stereocenters. The van der Waals surface area contributed by atoms with Crippen molar-refractivity contribution in [2.75, 3.05) is 5.32 Å². The first-order valence-corrected chi connectivity index (χ1v) is 9.40. The molecule has 3 rings (SSSR count). The summed E-state index contributed by atoms with van der Waals surface area (Å²) < 4.78 is 14.9. The summed E-state index contributed by atoms with van der Waals surface area (Å²) in [4.78, 5) is 10.2. The summed E-state index contributed by atoms with van der Waals surface area (Å²) in [5.41, 5.74) is 3.27. The Labute approximate surface area is 155 Å². The molecule has 0 spiro atoms. The number of hydrogen-bond donors (Lipinski definition) is 1. The monoisotopic (exact) mass is 375 g/mol. The molecule has 0 aliphatic rings. The number of hydrogen-bond acceptors (Lipinski definition) is 4. The number of nitrogens with one attached hydrogen (secondary N) is 1. The summed E-state index contributed by atoms with van der Waals surface area (Å²) in [7, 11) is 0. The number of aromatic nitrogens is 2. The standard InChI is InChI=1S/C19H19ClFN3S/c1-4-12-14(5-2)22-19(16-8-9-17(20)25-16)24-18(12)23-15-7-6-11(3)10-13(15)21/h6-10H,4-5H2,1-3H3,(H,22,23,24). The van der Waals surface area contributed by atoms with Gasteiger partial charge in [0.05, 0.1) is 14.9 Å². The van der Waals surface area contributed by atoms with E-state index in [0.717, 1.165) is 34.5 Å². The molecule has 2 aromatic heterocycles. The van der Waals surface area contributed by atoms with Crippen LogP contribution in [0.4, 0.5) is 15.9 Å². The highest BCUT2D eigenvalue weighted by Crippen LogP contribution is 2.32. The van der Waals surface area contributed by atoms with Crippen LogP contribution < -0.4 is 5.32 Å². The van der Waals surface area contributed by atoms with Crippen LogP contribution in [0, 0.1) is 12.7 Å². The van der Waals surface area contributed by atoms with Gasteiger partial charge in [-0.05, 0) is 49.6 Å². The minimum absolute atomic E-state index is 0.292. The summed E-state index contributed by atoms with van der Waals surface area (Å²) in [6, 6.07) is 8.86. The maximum atomic E-state index is 14.3. The molecule has 3 aromatic rings. The third kappa shape index (κ3) is 3.83. The fourth-order valence-corrected chi connectivity index (χ4v) is 3.67. The lowest BCUT2D eigenvalue weighted by atomic mass is 10.1. The van der Waals surface area contributed by atoms with Crippen molar-refractivity contribution >= 4 is 34.4 Å². The van der Waals surface area contributed by atoms with Crippen molar-refractivity contribution in [3.05, 3.63) is 57.3 Å². The zero-order valence-electron chi connectivity index (χ0n) is 14.4. The quantitative estimate of drug-likeness (QED) is 0.579. The van der Waals surface area contributed by atoms with Crippen LogP contribution in [-0.4, -0.2) is 9.97 Å². The number of aryl methyl sites for hydroxylation is 2. The first kappa shape index (κ1) is 17.8. The molecule has 0 atom stereocenters. The molecule has 0 saturated heterocycles. The average Bonchev–Trinajstić information content (AvgIpc) is 3.03. The predicted octanol–water partition coefficient (Wildman–Crippen LogP) is 6.17. The van der Waals surface area contributed by atoms with Gasteiger partial charge in [-0.25, -0.2) is 14.4 Å². The number of halogens is 2. The summed E-state index contributed by atoms with van der Waals surface area (Å²) in [6.07, 6.45) is 1.55. The predicted molar refractivity (Wildman–Crippen MR) is 104 cm³/mol. The topological polar surface area (TPSA) is 37.8 Å². The van der Waals surface area contributed by atoms with Crippen LogP contribution in [0.25, 0.3) is 10.7 Å². The van der Waals surface area contributed by atoms with Crippen molar-refractivity contribution in [3.63, 3.8) is 0 Å². The summed E-state index contributed by atoms with van der Waals surface area (Å²) >= 11 is 7.48. The average molecular weight is 376 g/mol. The first-order valence-electron chi connectivity index (χ1n) is 8.20. The van der Waals surface area contributed by atoms with E-state index in [0.29, 0.717) is 21.7 Å². The van der Waals surface area contributed by atoms with Crippen LogP contribution in [0.15, 0.2) is 30.3 Å². The van der Waals surface area contributed by atoms with E-state index < -0.39 is 0 Å². The van der Waals surface area contributed by atoms with Crippen LogP contribution in [-0.2, 0) is 12.8 Å². The lowest BCUT2D eigenvalue weighted by molar-refractivity contribution is 0.630. The van der Waals surface area contributed by atoms with Crippen molar-refractivity contribution in [2.45, 2.75) is 33.6 Å². The molecule has 1 aromatic carbocycles. The van der Waals surface area contributed by atoms with Gasteiger partial charge in [0, 0.05) is 11.3 Å². The van der Waals surface area contributed by atoms with Crippen LogP contribution in [0.3, 0.4) is 0 Å². The molecular formula is C19H19ClFN3S. The Hall–Kier alpha value is -1.98. The molecule has 0 saturated carbocycles. The summed E-state index contributed by atoms with van der Waals surface area (Å²) in [5.74, 6) is 0.969. The molecule has 0 aliphatic carbocycles. The maximum Gasteiger partial charge on any atom is 0.171 e. The van der Waals surface area contributed by atoms with Gasteiger partial charge in [-0.2, -0.15) is 0 Å². The zero-order valence-corrected chi connectivity index (χ0v) is 15.9. The van der Waals surface area contributed by atoms with Gasteiger partial charge in [0.15, 0.2) is 5.82 Å². The molecule has 25 heavy (non-hydrogen) atoms. The van der Waals surface area contributed by atoms with Gasteiger partial charge in [0.25, 0.3) is 0 Å². The molecule has 0 amide bonds. The van der Waals surface area contributed by atoms with E-state index in [9.17, 15) is 4.39 Å². The minimum Gasteiger partial charge on any atom is -0.337 e. The Balaban J connectivity index is 2.09. The van der Waals surface area contributed by atoms with Gasteiger partial charge in [0.1, 0.15) is 11.6 Å². The summed E-state index contributed by atoms with van der Waals surface area (Å²) in [6.45, 7) is 5.97. The first-order chi connectivity index (χ1) is 12.0. The molecule has 0 fully saturated rings. The Morgan fingerprint density at radius 2 is 1.92 bits per heavy atom. The second-order valence-electron chi connectivity index (χ2n) is 5.74. The van der Waals surface area contributed by atoms with Gasteiger partial charge < -0.3 is 5.32 Å². The summed E-state index contributed by atoms with van der Waals surface area (Å²) in [5, 5.41) is 3.16. The van der Waals surface area contributed by atoms with E-state index in [4.69, 9.17) is 16.6 Å². The fourth-order valence-electron chi connectivity index (χ4n) is 2.69. The molecule has 1 N–H and O–H groups in total. The van der Waals surface area contributed by atoms with E-state index >= 15 is 0 Å². The SMILES string of the molecule is CCc1nc(-c2ccc(Cl)s2)nc(Nc2ccc(C)cc2F)c1CC. The molecule has 130 valence electrons. The van der Waals surface area contributed by atoms with Gasteiger partial charge in [0.2, 0.25) is 0 Å². The molecule has 2 heterocycles. The van der Waals surface area contributed by atoms with Crippen molar-refractivity contribution in [3.8, 4) is 10.7 Å². The van der Waals surface area contributed by atoms with E-state index in [1.807, 2.05) is 25.1 Å². The van der Waals surface area contributed by atoms with Crippen molar-refractivity contribution < 1.29 is 4.39 Å². The van der Waals surface area contributed by atoms with E-state index in [2.05, 4.69) is 24.1 Å². The van der Waals surface area contributed by atoms with E-state index in [1.165, 1.54) is 17.4 Å². The van der Waals surface area contributed by atoms with Gasteiger partial charge in [-0.15, -0.1) is 11.3 Å². The zero-order chi connectivity index (χ0) is 18.0. The molecule has 0 bridgehead atoms. The lowest BCUT2D eigenvalue weighted by Crippen LogP contribution is -2.07. The second kappa shape index (κ2) is 7.50. The Morgan fingerprint density at radius 1 is 1.12 bits per heavy atom. The largest absolute Gasteiger partial charge is 0.337 e. The van der Waals surface area contributed by atoms with E-state index in [-0.39, 0.29) is 5.82 Å². The normalized spacial score (nSPS) is 10.9. The lowest BCUT2D eigenvalue weighted by Gasteiger charge is -2.15. The Morgan fingerprint density at radius 3 is 2.52 bits per heavy atom. The molecular weight excluding hydrogens is 357 g/mol. The minimum atomic E-state index is -0.292. The number of thiophene rings is 1. The molecule has 0 aliphatic heterocycles. The van der Waals surface area contributed by atoms with Crippen LogP contribution in [0.2, 0.25) is 4.34 Å². The van der Waals surface area contributed by atoms with Gasteiger partial charge in [-0.1, -0.05) is 31.5 Å². The van der Waals surface area contributed by atoms with E-state index in [1.54, 1.807) is 6.07 Å². The molecule has 3 nitrogen and oxygen atoms in total. The van der Waals surface area contributed by atoms with Gasteiger partial charge in [-0.3, -0.25) is 0 Å². The highest BCUT2D eigenvalue weighted by atomic mass is 35.5. The molecule has 0 radical (unpaired) electrons. The van der Waals surface area contributed by atoms with Gasteiger partial charge >= 0.3 is 0 Å². The van der Waals surface area contributed by atoms with Crippen LogP contribution in [0.1, 0.15) is 30.7 Å². The third-order valence-corrected chi connectivity index (χ3v) is 5.18. The van der Waals surface area contributed by atoms with Crippen LogP contribution >= 0.6 is 22.9 Å². The van der Waals surface area contributed by atoms with Crippen molar-refractivity contribution in [2.24, 2.45) is 0 Å². The van der Waals surface area contributed by atoms with Crippen molar-refractivity contribution in [1.29, 1.82) is 0 Å². The van der Waals surface area contributed by atoms with Crippen molar-refractivity contribution in [1.82, 2.24) is 9.97 Å². The number of rotatable bonds is 5. The maximum absolute atomic E-state index is 14.3. The third-order valence-electron chi connectivity index (χ3n) is 3.95. The Bertz CT molecular complexity index is 908. The Kier molecular flexibility index (Phi) is 5.35. The smallest absolute Gasteiger partial charge is 0.171 e.